The molecule has 1 aromatic rings. The fourth-order valence-corrected chi connectivity index (χ4v) is 3.12. The van der Waals surface area contributed by atoms with Gasteiger partial charge in [0.2, 0.25) is 0 Å². The third kappa shape index (κ3) is 10.7. The van der Waals surface area contributed by atoms with Crippen molar-refractivity contribution in [1.82, 2.24) is 10.6 Å². The lowest BCUT2D eigenvalue weighted by Gasteiger charge is -2.11. The summed E-state index contributed by atoms with van der Waals surface area (Å²) in [6, 6.07) is 2.10. The first kappa shape index (κ1) is 20.4. The van der Waals surface area contributed by atoms with Gasteiger partial charge in [-0.15, -0.1) is 11.3 Å². The molecule has 0 fully saturated rings. The molecule has 0 atom stereocenters. The van der Waals surface area contributed by atoms with Crippen LogP contribution in [0.25, 0.3) is 0 Å². The van der Waals surface area contributed by atoms with Gasteiger partial charge in [0.15, 0.2) is 5.96 Å². The standard InChI is InChI=1S/C16H28BrN3O2S/c1-3-5-7-21-9-10-22-8-6-19-16(18-4-2)20-12-15-11-14(17)13-23-15/h11,13H,3-10,12H2,1-2H3,(H2,18,19,20). The Bertz CT molecular complexity index is 441. The Morgan fingerprint density at radius 3 is 2.61 bits per heavy atom. The van der Waals surface area contributed by atoms with Gasteiger partial charge in [-0.25, -0.2) is 4.99 Å². The monoisotopic (exact) mass is 405 g/mol. The molecule has 0 radical (unpaired) electrons. The second-order valence-corrected chi connectivity index (χ2v) is 6.84. The molecule has 0 unspecified atom stereocenters. The second-order valence-electron chi connectivity index (χ2n) is 4.93. The molecule has 132 valence electrons. The minimum absolute atomic E-state index is 0.641. The number of unbranched alkanes of at least 4 members (excludes halogenated alkanes) is 1. The molecule has 0 saturated heterocycles. The van der Waals surface area contributed by atoms with Crippen molar-refractivity contribution in [3.8, 4) is 0 Å². The van der Waals surface area contributed by atoms with E-state index in [0.717, 1.165) is 36.5 Å². The largest absolute Gasteiger partial charge is 0.379 e. The Kier molecular flexibility index (Phi) is 12.2. The molecular weight excluding hydrogens is 378 g/mol. The Hall–Kier alpha value is -0.630. The van der Waals surface area contributed by atoms with E-state index in [1.807, 2.05) is 0 Å². The van der Waals surface area contributed by atoms with E-state index in [0.29, 0.717) is 26.4 Å². The van der Waals surface area contributed by atoms with Crippen LogP contribution in [0.1, 0.15) is 31.6 Å². The molecule has 0 amide bonds. The number of nitrogens with zero attached hydrogens (tertiary/aromatic N) is 1. The van der Waals surface area contributed by atoms with E-state index < -0.39 is 0 Å². The lowest BCUT2D eigenvalue weighted by Crippen LogP contribution is -2.39. The Balaban J connectivity index is 2.13. The van der Waals surface area contributed by atoms with Crippen LogP contribution in [0.15, 0.2) is 20.9 Å². The zero-order chi connectivity index (χ0) is 16.8. The van der Waals surface area contributed by atoms with E-state index in [2.05, 4.69) is 56.8 Å². The number of nitrogens with one attached hydrogen (secondary N) is 2. The van der Waals surface area contributed by atoms with Crippen LogP contribution in [-0.2, 0) is 16.0 Å². The van der Waals surface area contributed by atoms with Gasteiger partial charge in [0.25, 0.3) is 0 Å². The predicted octanol–water partition coefficient (Wildman–Crippen LogP) is 3.40. The Labute approximate surface area is 152 Å². The van der Waals surface area contributed by atoms with Gasteiger partial charge in [-0.3, -0.25) is 0 Å². The highest BCUT2D eigenvalue weighted by Crippen LogP contribution is 2.20. The smallest absolute Gasteiger partial charge is 0.191 e. The third-order valence-electron chi connectivity index (χ3n) is 2.91. The van der Waals surface area contributed by atoms with Gasteiger partial charge in [0, 0.05) is 34.4 Å². The number of ether oxygens (including phenoxy) is 2. The number of rotatable bonds is 12. The minimum atomic E-state index is 0.641. The van der Waals surface area contributed by atoms with Gasteiger partial charge in [0.1, 0.15) is 0 Å². The maximum absolute atomic E-state index is 5.53. The highest BCUT2D eigenvalue weighted by Gasteiger charge is 1.99. The number of hydrogen-bond donors (Lipinski definition) is 2. The summed E-state index contributed by atoms with van der Waals surface area (Å²) in [5, 5.41) is 8.58. The van der Waals surface area contributed by atoms with Crippen LogP contribution in [0.4, 0.5) is 0 Å². The van der Waals surface area contributed by atoms with Gasteiger partial charge >= 0.3 is 0 Å². The topological polar surface area (TPSA) is 54.9 Å². The van der Waals surface area contributed by atoms with Crippen LogP contribution < -0.4 is 10.6 Å². The van der Waals surface area contributed by atoms with Crippen LogP contribution in [0.3, 0.4) is 0 Å². The highest BCUT2D eigenvalue weighted by molar-refractivity contribution is 9.10. The maximum atomic E-state index is 5.53. The van der Waals surface area contributed by atoms with Crippen LogP contribution in [0, 0.1) is 0 Å². The zero-order valence-electron chi connectivity index (χ0n) is 14.1. The van der Waals surface area contributed by atoms with Gasteiger partial charge in [-0.1, -0.05) is 13.3 Å². The first-order valence-corrected chi connectivity index (χ1v) is 9.84. The van der Waals surface area contributed by atoms with Gasteiger partial charge in [-0.05, 0) is 35.3 Å². The molecule has 1 aromatic heterocycles. The summed E-state index contributed by atoms with van der Waals surface area (Å²) in [7, 11) is 0. The fourth-order valence-electron chi connectivity index (χ4n) is 1.75. The molecule has 7 heteroatoms. The molecule has 23 heavy (non-hydrogen) atoms. The van der Waals surface area contributed by atoms with E-state index in [-0.39, 0.29) is 0 Å². The molecule has 0 aliphatic rings. The van der Waals surface area contributed by atoms with E-state index in [9.17, 15) is 0 Å². The molecule has 0 aromatic carbocycles. The number of aliphatic imine (C=N–C) groups is 1. The van der Waals surface area contributed by atoms with Crippen molar-refractivity contribution in [3.05, 3.63) is 20.8 Å². The Morgan fingerprint density at radius 2 is 1.96 bits per heavy atom. The molecule has 0 aliphatic carbocycles. The molecule has 1 rings (SSSR count). The van der Waals surface area contributed by atoms with Crippen molar-refractivity contribution in [2.75, 3.05) is 39.5 Å². The van der Waals surface area contributed by atoms with E-state index >= 15 is 0 Å². The fraction of sp³-hybridized carbons (Fsp3) is 0.688. The second kappa shape index (κ2) is 13.8. The number of guanidine groups is 1. The highest BCUT2D eigenvalue weighted by atomic mass is 79.9. The van der Waals surface area contributed by atoms with Gasteiger partial charge in [0.05, 0.1) is 26.4 Å². The van der Waals surface area contributed by atoms with Crippen LogP contribution >= 0.6 is 27.3 Å². The van der Waals surface area contributed by atoms with Crippen molar-refractivity contribution >= 4 is 33.2 Å². The van der Waals surface area contributed by atoms with Crippen molar-refractivity contribution in [1.29, 1.82) is 0 Å². The quantitative estimate of drug-likeness (QED) is 0.317. The van der Waals surface area contributed by atoms with E-state index in [4.69, 9.17) is 9.47 Å². The van der Waals surface area contributed by atoms with E-state index in [1.165, 1.54) is 11.3 Å². The molecular formula is C16H28BrN3O2S. The maximum Gasteiger partial charge on any atom is 0.191 e. The molecule has 0 spiro atoms. The molecule has 5 nitrogen and oxygen atoms in total. The predicted molar refractivity (Wildman–Crippen MR) is 101 cm³/mol. The van der Waals surface area contributed by atoms with Crippen molar-refractivity contribution in [2.24, 2.45) is 4.99 Å². The average molecular weight is 406 g/mol. The summed E-state index contributed by atoms with van der Waals surface area (Å²) in [5.74, 6) is 0.819. The molecule has 1 heterocycles. The summed E-state index contributed by atoms with van der Waals surface area (Å²) in [6.45, 7) is 9.25. The first-order valence-electron chi connectivity index (χ1n) is 8.16. The number of hydrogen-bond acceptors (Lipinski definition) is 4. The van der Waals surface area contributed by atoms with Crippen LogP contribution in [0.2, 0.25) is 0 Å². The summed E-state index contributed by atoms with van der Waals surface area (Å²) in [5.41, 5.74) is 0. The first-order chi connectivity index (χ1) is 11.3. The molecule has 2 N–H and O–H groups in total. The van der Waals surface area contributed by atoms with Crippen LogP contribution in [0.5, 0.6) is 0 Å². The van der Waals surface area contributed by atoms with E-state index in [1.54, 1.807) is 11.3 Å². The van der Waals surface area contributed by atoms with Gasteiger partial charge < -0.3 is 20.1 Å². The van der Waals surface area contributed by atoms with Crippen LogP contribution in [-0.4, -0.2) is 45.5 Å². The minimum Gasteiger partial charge on any atom is -0.379 e. The summed E-state index contributed by atoms with van der Waals surface area (Å²) in [6.07, 6.45) is 2.28. The van der Waals surface area contributed by atoms with Crippen molar-refractivity contribution < 1.29 is 9.47 Å². The SMILES string of the molecule is CCCCOCCOCCNC(=NCc1cc(Br)cs1)NCC. The molecule has 0 bridgehead atoms. The lowest BCUT2D eigenvalue weighted by atomic mass is 10.4. The van der Waals surface area contributed by atoms with Crippen molar-refractivity contribution in [2.45, 2.75) is 33.2 Å². The summed E-state index contributed by atoms with van der Waals surface area (Å²) in [4.78, 5) is 5.80. The summed E-state index contributed by atoms with van der Waals surface area (Å²) >= 11 is 5.16. The number of halogens is 1. The lowest BCUT2D eigenvalue weighted by molar-refractivity contribution is 0.0487. The summed E-state index contributed by atoms with van der Waals surface area (Å²) < 4.78 is 12.1. The normalized spacial score (nSPS) is 11.7. The van der Waals surface area contributed by atoms with Gasteiger partial charge in [-0.2, -0.15) is 0 Å². The van der Waals surface area contributed by atoms with Crippen molar-refractivity contribution in [3.63, 3.8) is 0 Å². The average Bonchev–Trinajstić information content (AvgIpc) is 2.96. The number of thiophene rings is 1. The Morgan fingerprint density at radius 1 is 1.17 bits per heavy atom. The molecule has 0 aliphatic heterocycles. The third-order valence-corrected chi connectivity index (χ3v) is 4.59. The molecule has 0 saturated carbocycles. The zero-order valence-corrected chi connectivity index (χ0v) is 16.5.